The molecule has 1 heterocycles. The minimum absolute atomic E-state index is 0.165. The van der Waals surface area contributed by atoms with E-state index in [0.29, 0.717) is 18.2 Å². The zero-order valence-electron chi connectivity index (χ0n) is 12.6. The number of rotatable bonds is 4. The molecule has 1 aromatic carbocycles. The monoisotopic (exact) mass is 293 g/mol. The Morgan fingerprint density at radius 3 is 2.95 bits per heavy atom. The minimum atomic E-state index is -0.382. The smallest absolute Gasteiger partial charge is 0.173 e. The van der Waals surface area contributed by atoms with E-state index in [0.717, 1.165) is 19.4 Å². The second kappa shape index (κ2) is 7.41. The van der Waals surface area contributed by atoms with Gasteiger partial charge in [0, 0.05) is 18.2 Å². The van der Waals surface area contributed by atoms with Crippen molar-refractivity contribution in [1.29, 1.82) is 0 Å². The Kier molecular flexibility index (Phi) is 5.56. The van der Waals surface area contributed by atoms with Crippen LogP contribution in [-0.2, 0) is 6.54 Å². The molecule has 1 fully saturated rings. The van der Waals surface area contributed by atoms with Crippen LogP contribution >= 0.6 is 0 Å². The van der Waals surface area contributed by atoms with Gasteiger partial charge in [0.2, 0.25) is 0 Å². The van der Waals surface area contributed by atoms with E-state index in [1.165, 1.54) is 25.3 Å². The van der Waals surface area contributed by atoms with E-state index in [1.54, 1.807) is 12.1 Å². The third-order valence-electron chi connectivity index (χ3n) is 4.31. The third kappa shape index (κ3) is 3.73. The van der Waals surface area contributed by atoms with Gasteiger partial charge in [-0.2, -0.15) is 0 Å². The predicted octanol–water partition coefficient (Wildman–Crippen LogP) is 3.07. The van der Waals surface area contributed by atoms with E-state index in [4.69, 9.17) is 10.9 Å². The lowest BCUT2D eigenvalue weighted by molar-refractivity contribution is 0.184. The molecule has 0 radical (unpaired) electrons. The largest absolute Gasteiger partial charge is 0.409 e. The van der Waals surface area contributed by atoms with Gasteiger partial charge in [0.05, 0.1) is 5.56 Å². The maximum absolute atomic E-state index is 14.5. The summed E-state index contributed by atoms with van der Waals surface area (Å²) < 4.78 is 14.5. The lowest BCUT2D eigenvalue weighted by atomic mass is 10.0. The number of nitrogens with zero attached hydrogens (tertiary/aromatic N) is 2. The summed E-state index contributed by atoms with van der Waals surface area (Å²) in [5.41, 5.74) is 6.30. The Hall–Kier alpha value is -1.62. The van der Waals surface area contributed by atoms with Crippen molar-refractivity contribution >= 4 is 5.84 Å². The summed E-state index contributed by atoms with van der Waals surface area (Å²) in [6, 6.07) is 5.58. The summed E-state index contributed by atoms with van der Waals surface area (Å²) in [5.74, 6) is -0.566. The maximum Gasteiger partial charge on any atom is 0.173 e. The molecule has 0 spiro atoms. The van der Waals surface area contributed by atoms with Gasteiger partial charge in [-0.3, -0.25) is 4.90 Å². The number of likely N-dealkylation sites (tertiary alicyclic amines) is 1. The van der Waals surface area contributed by atoms with Gasteiger partial charge in [0.15, 0.2) is 5.84 Å². The zero-order chi connectivity index (χ0) is 15.2. The first-order valence-electron chi connectivity index (χ1n) is 7.66. The van der Waals surface area contributed by atoms with Crippen molar-refractivity contribution in [2.75, 3.05) is 6.54 Å². The molecule has 0 aromatic heterocycles. The molecule has 1 saturated heterocycles. The number of benzene rings is 1. The lowest BCUT2D eigenvalue weighted by Crippen LogP contribution is -2.34. The molecule has 1 unspecified atom stereocenters. The van der Waals surface area contributed by atoms with Crippen molar-refractivity contribution in [3.63, 3.8) is 0 Å². The van der Waals surface area contributed by atoms with Crippen LogP contribution in [0.4, 0.5) is 4.39 Å². The van der Waals surface area contributed by atoms with Gasteiger partial charge in [0.1, 0.15) is 5.82 Å². The highest BCUT2D eigenvalue weighted by molar-refractivity contribution is 5.97. The molecule has 2 rings (SSSR count). The maximum atomic E-state index is 14.5. The van der Waals surface area contributed by atoms with Crippen LogP contribution in [0.3, 0.4) is 0 Å². The van der Waals surface area contributed by atoms with Crippen molar-refractivity contribution in [3.05, 3.63) is 35.1 Å². The molecule has 1 aromatic rings. The fourth-order valence-corrected chi connectivity index (χ4v) is 3.08. The molecule has 1 aliphatic rings. The topological polar surface area (TPSA) is 61.8 Å². The van der Waals surface area contributed by atoms with Gasteiger partial charge in [-0.1, -0.05) is 37.1 Å². The number of hydrogen-bond acceptors (Lipinski definition) is 3. The van der Waals surface area contributed by atoms with Crippen molar-refractivity contribution in [2.45, 2.75) is 51.6 Å². The molecular weight excluding hydrogens is 269 g/mol. The number of nitrogens with two attached hydrogens (primary N) is 1. The van der Waals surface area contributed by atoms with Crippen LogP contribution in [0.1, 0.15) is 50.2 Å². The Morgan fingerprint density at radius 1 is 1.43 bits per heavy atom. The van der Waals surface area contributed by atoms with Gasteiger partial charge in [-0.25, -0.2) is 4.39 Å². The van der Waals surface area contributed by atoms with Crippen molar-refractivity contribution < 1.29 is 9.60 Å². The summed E-state index contributed by atoms with van der Waals surface area (Å²) in [6.07, 6.45) is 5.93. The van der Waals surface area contributed by atoms with Gasteiger partial charge < -0.3 is 10.9 Å². The second-order valence-corrected chi connectivity index (χ2v) is 5.65. The van der Waals surface area contributed by atoms with Crippen LogP contribution in [0.5, 0.6) is 0 Å². The van der Waals surface area contributed by atoms with Crippen LogP contribution in [0.2, 0.25) is 0 Å². The number of hydrogen-bond donors (Lipinski definition) is 2. The normalized spacial score (nSPS) is 21.2. The Bertz CT molecular complexity index is 504. The van der Waals surface area contributed by atoms with E-state index >= 15 is 0 Å². The van der Waals surface area contributed by atoms with E-state index in [2.05, 4.69) is 17.0 Å². The first kappa shape index (κ1) is 15.8. The average molecular weight is 293 g/mol. The molecule has 0 saturated carbocycles. The molecule has 4 nitrogen and oxygen atoms in total. The molecule has 1 atom stereocenters. The SMILES string of the molecule is CCC1CCCCCN1Cc1cccc(/C(N)=N/O)c1F. The molecule has 116 valence electrons. The van der Waals surface area contributed by atoms with Crippen LogP contribution in [-0.4, -0.2) is 28.5 Å². The third-order valence-corrected chi connectivity index (χ3v) is 4.31. The summed E-state index contributed by atoms with van der Waals surface area (Å²) in [4.78, 5) is 2.36. The zero-order valence-corrected chi connectivity index (χ0v) is 12.6. The molecule has 0 amide bonds. The van der Waals surface area contributed by atoms with Crippen LogP contribution in [0.15, 0.2) is 23.4 Å². The minimum Gasteiger partial charge on any atom is -0.409 e. The van der Waals surface area contributed by atoms with E-state index in [1.807, 2.05) is 0 Å². The van der Waals surface area contributed by atoms with Crippen molar-refractivity contribution in [1.82, 2.24) is 4.90 Å². The van der Waals surface area contributed by atoms with E-state index in [9.17, 15) is 4.39 Å². The molecule has 1 aliphatic heterocycles. The van der Waals surface area contributed by atoms with Crippen LogP contribution in [0, 0.1) is 5.82 Å². The Labute approximate surface area is 125 Å². The highest BCUT2D eigenvalue weighted by Gasteiger charge is 2.21. The summed E-state index contributed by atoms with van der Waals surface area (Å²) in [7, 11) is 0. The first-order chi connectivity index (χ1) is 10.2. The standard InChI is InChI=1S/C16H24FN3O/c1-2-13-8-4-3-5-10-20(13)11-12-7-6-9-14(15(12)17)16(18)19-21/h6-7,9,13,21H,2-5,8,10-11H2,1H3,(H2,18,19). The van der Waals surface area contributed by atoms with Gasteiger partial charge in [0.25, 0.3) is 0 Å². The van der Waals surface area contributed by atoms with Crippen molar-refractivity contribution in [3.8, 4) is 0 Å². The highest BCUT2D eigenvalue weighted by atomic mass is 19.1. The number of oxime groups is 1. The summed E-state index contributed by atoms with van der Waals surface area (Å²) >= 11 is 0. The quantitative estimate of drug-likeness (QED) is 0.388. The van der Waals surface area contributed by atoms with Gasteiger partial charge in [-0.15, -0.1) is 0 Å². The Balaban J connectivity index is 2.22. The Morgan fingerprint density at radius 2 is 2.24 bits per heavy atom. The molecule has 21 heavy (non-hydrogen) atoms. The average Bonchev–Trinajstić information content (AvgIpc) is 2.73. The first-order valence-corrected chi connectivity index (χ1v) is 7.66. The van der Waals surface area contributed by atoms with E-state index in [-0.39, 0.29) is 17.2 Å². The molecule has 3 N–H and O–H groups in total. The fraction of sp³-hybridized carbons (Fsp3) is 0.562. The highest BCUT2D eigenvalue weighted by Crippen LogP contribution is 2.23. The summed E-state index contributed by atoms with van der Waals surface area (Å²) in [6.45, 7) is 3.77. The lowest BCUT2D eigenvalue weighted by Gasteiger charge is -2.29. The predicted molar refractivity (Wildman–Crippen MR) is 81.9 cm³/mol. The number of halogens is 1. The van der Waals surface area contributed by atoms with Crippen molar-refractivity contribution in [2.24, 2.45) is 10.9 Å². The number of amidine groups is 1. The van der Waals surface area contributed by atoms with Crippen LogP contribution < -0.4 is 5.73 Å². The molecular formula is C16H24FN3O. The summed E-state index contributed by atoms with van der Waals surface area (Å²) in [5, 5.41) is 11.6. The molecule has 0 aliphatic carbocycles. The fourth-order valence-electron chi connectivity index (χ4n) is 3.08. The molecule has 0 bridgehead atoms. The van der Waals surface area contributed by atoms with Crippen LogP contribution in [0.25, 0.3) is 0 Å². The van der Waals surface area contributed by atoms with E-state index < -0.39 is 0 Å². The molecule has 5 heteroatoms. The van der Waals surface area contributed by atoms with Gasteiger partial charge in [-0.05, 0) is 31.9 Å². The van der Waals surface area contributed by atoms with Gasteiger partial charge >= 0.3 is 0 Å². The second-order valence-electron chi connectivity index (χ2n) is 5.65.